The molecule has 1 amide bonds. The van der Waals surface area contributed by atoms with Crippen molar-refractivity contribution in [1.82, 2.24) is 10.3 Å². The van der Waals surface area contributed by atoms with Crippen LogP contribution in [0.15, 0.2) is 24.3 Å². The lowest BCUT2D eigenvalue weighted by Crippen LogP contribution is -2.30. The second kappa shape index (κ2) is 9.80. The lowest BCUT2D eigenvalue weighted by atomic mass is 9.99. The molecule has 0 aliphatic carbocycles. The number of hydrogen-bond donors (Lipinski definition) is 2. The van der Waals surface area contributed by atoms with Gasteiger partial charge in [-0.1, -0.05) is 25.5 Å². The van der Waals surface area contributed by atoms with E-state index in [1.807, 2.05) is 6.92 Å². The Hall–Kier alpha value is -3.10. The number of aromatic amines is 1. The summed E-state index contributed by atoms with van der Waals surface area (Å²) in [4.78, 5) is 39.5. The Labute approximate surface area is 178 Å². The van der Waals surface area contributed by atoms with Gasteiger partial charge in [0.05, 0.1) is 36.4 Å². The lowest BCUT2D eigenvalue weighted by Gasteiger charge is -2.20. The van der Waals surface area contributed by atoms with Gasteiger partial charge in [-0.05, 0) is 36.6 Å². The molecule has 0 saturated heterocycles. The number of benzene rings is 1. The molecule has 1 heterocycles. The molecule has 2 rings (SSSR count). The Kier molecular flexibility index (Phi) is 7.65. The van der Waals surface area contributed by atoms with Crippen molar-refractivity contribution in [3.8, 4) is 0 Å². The van der Waals surface area contributed by atoms with E-state index in [0.717, 1.165) is 12.1 Å². The molecule has 9 heteroatoms. The number of rotatable bonds is 8. The first-order chi connectivity index (χ1) is 14.5. The summed E-state index contributed by atoms with van der Waals surface area (Å²) in [7, 11) is 1.19. The molecule has 6 nitrogen and oxygen atoms in total. The summed E-state index contributed by atoms with van der Waals surface area (Å²) in [6.45, 7) is 4.76. The predicted octanol–water partition coefficient (Wildman–Crippen LogP) is 4.53. The third-order valence-electron chi connectivity index (χ3n) is 4.94. The quantitative estimate of drug-likeness (QED) is 0.468. The van der Waals surface area contributed by atoms with E-state index in [4.69, 9.17) is 4.74 Å². The van der Waals surface area contributed by atoms with Crippen LogP contribution >= 0.6 is 0 Å². The summed E-state index contributed by atoms with van der Waals surface area (Å²) < 4.78 is 43.9. The fraction of sp³-hybridized carbons (Fsp3) is 0.409. The zero-order chi connectivity index (χ0) is 23.3. The number of methoxy groups -OCH3 is 1. The van der Waals surface area contributed by atoms with E-state index >= 15 is 0 Å². The van der Waals surface area contributed by atoms with Crippen molar-refractivity contribution in [2.75, 3.05) is 7.11 Å². The number of Topliss-reactive ketones (excluding diaryl/α,β-unsaturated/α-hetero) is 1. The zero-order valence-corrected chi connectivity index (χ0v) is 17.8. The Morgan fingerprint density at radius 1 is 1.23 bits per heavy atom. The van der Waals surface area contributed by atoms with Gasteiger partial charge in [-0.15, -0.1) is 0 Å². The highest BCUT2D eigenvalue weighted by molar-refractivity contribution is 6.01. The summed E-state index contributed by atoms with van der Waals surface area (Å²) in [6.07, 6.45) is -3.70. The number of hydrogen-bond acceptors (Lipinski definition) is 4. The molecular weight excluding hydrogens is 413 g/mol. The summed E-state index contributed by atoms with van der Waals surface area (Å²) in [5, 5.41) is 2.74. The Bertz CT molecular complexity index is 980. The topological polar surface area (TPSA) is 88.3 Å². The molecule has 1 unspecified atom stereocenters. The van der Waals surface area contributed by atoms with Crippen LogP contribution in [-0.4, -0.2) is 29.8 Å². The average molecular weight is 438 g/mol. The number of carbonyl (C=O) groups excluding carboxylic acids is 3. The van der Waals surface area contributed by atoms with Gasteiger partial charge in [0.25, 0.3) is 0 Å². The van der Waals surface area contributed by atoms with Crippen LogP contribution in [0.5, 0.6) is 0 Å². The standard InChI is InChI=1S/C22H25F3N2O4/c1-5-7-16(14-8-6-9-15(10-14)22(23,24)25)26-18(29)11-17-19(21(30)31-4)12(2)20(27-17)13(3)28/h6,8-10,16,27H,5,7,11H2,1-4H3,(H,26,29). The van der Waals surface area contributed by atoms with E-state index in [0.29, 0.717) is 24.0 Å². The summed E-state index contributed by atoms with van der Waals surface area (Å²) in [5.41, 5.74) is 0.446. The van der Waals surface area contributed by atoms with Crippen LogP contribution in [0.2, 0.25) is 0 Å². The van der Waals surface area contributed by atoms with E-state index < -0.39 is 29.7 Å². The number of ketones is 1. The van der Waals surface area contributed by atoms with E-state index in [1.54, 1.807) is 6.92 Å². The van der Waals surface area contributed by atoms with E-state index in [9.17, 15) is 27.6 Å². The normalized spacial score (nSPS) is 12.4. The SMILES string of the molecule is CCCC(NC(=O)Cc1[nH]c(C(C)=O)c(C)c1C(=O)OC)c1cccc(C(F)(F)F)c1. The minimum atomic E-state index is -4.49. The maximum atomic E-state index is 13.1. The van der Waals surface area contributed by atoms with Crippen molar-refractivity contribution >= 4 is 17.7 Å². The molecule has 1 aromatic heterocycles. The molecule has 2 aromatic rings. The Balaban J connectivity index is 2.30. The number of nitrogens with one attached hydrogen (secondary N) is 2. The summed E-state index contributed by atoms with van der Waals surface area (Å²) >= 11 is 0. The molecule has 31 heavy (non-hydrogen) atoms. The second-order valence-electron chi connectivity index (χ2n) is 7.24. The van der Waals surface area contributed by atoms with Crippen molar-refractivity contribution in [1.29, 1.82) is 0 Å². The fourth-order valence-corrected chi connectivity index (χ4v) is 3.47. The van der Waals surface area contributed by atoms with E-state index in [1.165, 1.54) is 26.2 Å². The highest BCUT2D eigenvalue weighted by Gasteiger charge is 2.31. The number of H-pyrrole nitrogens is 1. The minimum Gasteiger partial charge on any atom is -0.465 e. The molecule has 2 N–H and O–H groups in total. The van der Waals surface area contributed by atoms with Gasteiger partial charge in [-0.2, -0.15) is 13.2 Å². The van der Waals surface area contributed by atoms with Gasteiger partial charge in [0.1, 0.15) is 0 Å². The smallest absolute Gasteiger partial charge is 0.416 e. The van der Waals surface area contributed by atoms with Crippen LogP contribution in [-0.2, 0) is 22.1 Å². The fourth-order valence-electron chi connectivity index (χ4n) is 3.47. The molecule has 168 valence electrons. The number of carbonyl (C=O) groups is 3. The van der Waals surface area contributed by atoms with Crippen molar-refractivity contribution in [3.63, 3.8) is 0 Å². The maximum Gasteiger partial charge on any atom is 0.416 e. The van der Waals surface area contributed by atoms with Gasteiger partial charge in [0.15, 0.2) is 5.78 Å². The second-order valence-corrected chi connectivity index (χ2v) is 7.24. The molecular formula is C22H25F3N2O4. The largest absolute Gasteiger partial charge is 0.465 e. The molecule has 1 atom stereocenters. The van der Waals surface area contributed by atoms with Crippen LogP contribution < -0.4 is 5.32 Å². The summed E-state index contributed by atoms with van der Waals surface area (Å²) in [6, 6.07) is 4.19. The molecule has 0 aliphatic heterocycles. The summed E-state index contributed by atoms with van der Waals surface area (Å²) in [5.74, 6) is -1.49. The molecule has 0 saturated carbocycles. The van der Waals surface area contributed by atoms with Gasteiger partial charge in [0, 0.05) is 12.6 Å². The lowest BCUT2D eigenvalue weighted by molar-refractivity contribution is -0.137. The molecule has 1 aromatic carbocycles. The van der Waals surface area contributed by atoms with Crippen LogP contribution in [0.25, 0.3) is 0 Å². The molecule has 0 spiro atoms. The van der Waals surface area contributed by atoms with Crippen LogP contribution in [0.1, 0.15) is 76.0 Å². The first kappa shape index (κ1) is 24.2. The zero-order valence-electron chi connectivity index (χ0n) is 17.8. The van der Waals surface area contributed by atoms with Gasteiger partial charge < -0.3 is 15.0 Å². The van der Waals surface area contributed by atoms with Crippen molar-refractivity contribution in [2.45, 2.75) is 52.3 Å². The molecule has 0 fully saturated rings. The van der Waals surface area contributed by atoms with Gasteiger partial charge in [0.2, 0.25) is 5.91 Å². The van der Waals surface area contributed by atoms with Crippen LogP contribution in [0.3, 0.4) is 0 Å². The minimum absolute atomic E-state index is 0.106. The van der Waals surface area contributed by atoms with Crippen LogP contribution in [0, 0.1) is 6.92 Å². The Morgan fingerprint density at radius 3 is 2.45 bits per heavy atom. The number of ether oxygens (including phenoxy) is 1. The number of halogens is 3. The first-order valence-electron chi connectivity index (χ1n) is 9.76. The highest BCUT2D eigenvalue weighted by atomic mass is 19.4. The number of esters is 1. The third kappa shape index (κ3) is 5.74. The number of amides is 1. The number of alkyl halides is 3. The molecule has 0 bridgehead atoms. The number of aromatic nitrogens is 1. The predicted molar refractivity (Wildman–Crippen MR) is 108 cm³/mol. The highest BCUT2D eigenvalue weighted by Crippen LogP contribution is 2.31. The van der Waals surface area contributed by atoms with Crippen LogP contribution in [0.4, 0.5) is 13.2 Å². The van der Waals surface area contributed by atoms with E-state index in [-0.39, 0.29) is 29.2 Å². The monoisotopic (exact) mass is 438 g/mol. The van der Waals surface area contributed by atoms with Crippen molar-refractivity contribution in [3.05, 3.63) is 57.9 Å². The molecule has 0 aliphatic rings. The van der Waals surface area contributed by atoms with Gasteiger partial charge >= 0.3 is 12.1 Å². The van der Waals surface area contributed by atoms with Gasteiger partial charge in [-0.25, -0.2) is 4.79 Å². The van der Waals surface area contributed by atoms with E-state index in [2.05, 4.69) is 10.3 Å². The first-order valence-corrected chi connectivity index (χ1v) is 9.76. The molecule has 0 radical (unpaired) electrons. The van der Waals surface area contributed by atoms with Gasteiger partial charge in [-0.3, -0.25) is 9.59 Å². The average Bonchev–Trinajstić information content (AvgIpc) is 3.02. The van der Waals surface area contributed by atoms with Crippen molar-refractivity contribution < 1.29 is 32.3 Å². The van der Waals surface area contributed by atoms with Crippen molar-refractivity contribution in [2.24, 2.45) is 0 Å². The maximum absolute atomic E-state index is 13.1. The third-order valence-corrected chi connectivity index (χ3v) is 4.94. The Morgan fingerprint density at radius 2 is 1.90 bits per heavy atom.